The molecule has 3 N–H and O–H groups in total. The van der Waals surface area contributed by atoms with E-state index in [1.807, 2.05) is 97.1 Å². The maximum absolute atomic E-state index is 12.6. The van der Waals surface area contributed by atoms with Crippen LogP contribution in [0.4, 0.5) is 17.1 Å². The molecule has 9 heteroatoms. The summed E-state index contributed by atoms with van der Waals surface area (Å²) in [4.78, 5) is 18.0. The van der Waals surface area contributed by atoms with E-state index in [0.29, 0.717) is 22.4 Å². The molecule has 0 aliphatic carbocycles. The molecule has 0 spiro atoms. The first kappa shape index (κ1) is 25.3. The quantitative estimate of drug-likeness (QED) is 0.143. The Balaban J connectivity index is 1.13. The molecule has 190 valence electrons. The zero-order valence-electron chi connectivity index (χ0n) is 20.4. The average molecular weight is 541 g/mol. The van der Waals surface area contributed by atoms with E-state index >= 15 is 0 Å². The fourth-order valence-electron chi connectivity index (χ4n) is 3.73. The van der Waals surface area contributed by atoms with Gasteiger partial charge >= 0.3 is 0 Å². The summed E-state index contributed by atoms with van der Waals surface area (Å²) in [5.41, 5.74) is 4.69. The Hall–Kier alpha value is -4.34. The predicted octanol–water partition coefficient (Wildman–Crippen LogP) is 7.04. The van der Waals surface area contributed by atoms with Gasteiger partial charge in [0.25, 0.3) is 0 Å². The van der Waals surface area contributed by atoms with Crippen molar-refractivity contribution in [3.8, 4) is 17.2 Å². The van der Waals surface area contributed by atoms with Crippen molar-refractivity contribution < 1.29 is 13.9 Å². The minimum atomic E-state index is -0.101. The monoisotopic (exact) mass is 540 g/mol. The molecule has 5 rings (SSSR count). The summed E-state index contributed by atoms with van der Waals surface area (Å²) in [6.07, 6.45) is 0. The number of carbonyl (C=O) groups is 1. The van der Waals surface area contributed by atoms with E-state index in [2.05, 4.69) is 20.9 Å². The summed E-state index contributed by atoms with van der Waals surface area (Å²) in [5.74, 6) is 1.41. The first-order chi connectivity index (χ1) is 18.6. The van der Waals surface area contributed by atoms with Crippen LogP contribution in [0, 0.1) is 0 Å². The highest BCUT2D eigenvalue weighted by Crippen LogP contribution is 2.27. The number of fused-ring (bicyclic) bond motifs is 1. The summed E-state index contributed by atoms with van der Waals surface area (Å²) in [5, 5.41) is 9.69. The molecule has 0 atom stereocenters. The van der Waals surface area contributed by atoms with Crippen LogP contribution in [-0.4, -0.2) is 28.9 Å². The number of thiocarbonyl (C=S) groups is 1. The molecule has 0 aliphatic heterocycles. The number of anilines is 3. The molecule has 1 heterocycles. The molecule has 1 amide bonds. The van der Waals surface area contributed by atoms with Crippen LogP contribution in [0.15, 0.2) is 106 Å². The number of methoxy groups -OCH3 is 1. The summed E-state index contributed by atoms with van der Waals surface area (Å²) in [6, 6.07) is 30.4. The topological polar surface area (TPSA) is 88.4 Å². The van der Waals surface area contributed by atoms with Crippen molar-refractivity contribution >= 4 is 63.2 Å². The van der Waals surface area contributed by atoms with Gasteiger partial charge in [0.2, 0.25) is 11.8 Å². The summed E-state index contributed by atoms with van der Waals surface area (Å²) in [6.45, 7) is 0. The second-order valence-electron chi connectivity index (χ2n) is 8.21. The Morgan fingerprint density at radius 3 is 2.50 bits per heavy atom. The number of thioether (sulfide) groups is 1. The second kappa shape index (κ2) is 11.8. The predicted molar refractivity (Wildman–Crippen MR) is 158 cm³/mol. The molecule has 0 aliphatic rings. The number of carbonyl (C=O) groups excluding carboxylic acids is 1. The van der Waals surface area contributed by atoms with Crippen molar-refractivity contribution in [2.24, 2.45) is 0 Å². The van der Waals surface area contributed by atoms with Gasteiger partial charge < -0.3 is 25.1 Å². The number of rotatable bonds is 8. The van der Waals surface area contributed by atoms with Gasteiger partial charge in [-0.2, -0.15) is 0 Å². The van der Waals surface area contributed by atoms with Crippen LogP contribution in [0.25, 0.3) is 22.6 Å². The van der Waals surface area contributed by atoms with E-state index in [1.54, 1.807) is 7.11 Å². The molecule has 1 aromatic heterocycles. The Labute approximate surface area is 229 Å². The van der Waals surface area contributed by atoms with Crippen molar-refractivity contribution in [3.05, 3.63) is 97.1 Å². The van der Waals surface area contributed by atoms with Crippen LogP contribution >= 0.6 is 24.0 Å². The SMILES string of the molecule is COc1ccccc1NC(=S)Nc1cccc(SCC(=O)Nc2ccc(-c3nc4ccccc4o3)cc2)c1. The van der Waals surface area contributed by atoms with Crippen molar-refractivity contribution in [3.63, 3.8) is 0 Å². The Morgan fingerprint density at radius 1 is 0.895 bits per heavy atom. The van der Waals surface area contributed by atoms with Crippen LogP contribution in [0.5, 0.6) is 5.75 Å². The molecule has 0 fully saturated rings. The van der Waals surface area contributed by atoms with Gasteiger partial charge in [-0.1, -0.05) is 30.3 Å². The van der Waals surface area contributed by atoms with Gasteiger partial charge in [-0.3, -0.25) is 4.79 Å². The lowest BCUT2D eigenvalue weighted by Gasteiger charge is -2.13. The van der Waals surface area contributed by atoms with Crippen LogP contribution in [0.1, 0.15) is 0 Å². The Bertz CT molecular complexity index is 1550. The largest absolute Gasteiger partial charge is 0.495 e. The maximum Gasteiger partial charge on any atom is 0.234 e. The normalized spacial score (nSPS) is 10.7. The number of oxazole rings is 1. The lowest BCUT2D eigenvalue weighted by atomic mass is 10.2. The first-order valence-electron chi connectivity index (χ1n) is 11.8. The van der Waals surface area contributed by atoms with Crippen molar-refractivity contribution in [2.75, 3.05) is 28.8 Å². The molecule has 0 unspecified atom stereocenters. The molecule has 0 radical (unpaired) electrons. The third-order valence-electron chi connectivity index (χ3n) is 5.53. The number of para-hydroxylation sites is 4. The molecule has 0 saturated carbocycles. The number of amides is 1. The van der Waals surface area contributed by atoms with E-state index in [9.17, 15) is 4.79 Å². The lowest BCUT2D eigenvalue weighted by Crippen LogP contribution is -2.19. The zero-order chi connectivity index (χ0) is 26.3. The minimum Gasteiger partial charge on any atom is -0.495 e. The molecule has 4 aromatic carbocycles. The molecule has 7 nitrogen and oxygen atoms in total. The highest BCUT2D eigenvalue weighted by Gasteiger charge is 2.10. The van der Waals surface area contributed by atoms with Gasteiger partial charge in [0, 0.05) is 21.8 Å². The van der Waals surface area contributed by atoms with Gasteiger partial charge in [0.1, 0.15) is 11.3 Å². The van der Waals surface area contributed by atoms with E-state index < -0.39 is 0 Å². The molecular formula is C29H24N4O3S2. The number of ether oxygens (including phenoxy) is 1. The van der Waals surface area contributed by atoms with Crippen molar-refractivity contribution in [1.82, 2.24) is 4.98 Å². The standard InChI is InChI=1S/C29H24N4O3S2/c1-35-25-11-4-2-9-23(25)33-29(37)31-21-7-6-8-22(17-21)38-18-27(34)30-20-15-13-19(14-16-20)28-32-24-10-3-5-12-26(24)36-28/h2-17H,18H2,1H3,(H,30,34)(H2,31,33,37). The average Bonchev–Trinajstić information content (AvgIpc) is 3.37. The third kappa shape index (κ3) is 6.31. The number of hydrogen-bond acceptors (Lipinski definition) is 6. The van der Waals surface area contributed by atoms with Gasteiger partial charge in [-0.15, -0.1) is 11.8 Å². The highest BCUT2D eigenvalue weighted by molar-refractivity contribution is 8.00. The van der Waals surface area contributed by atoms with Crippen LogP contribution in [-0.2, 0) is 4.79 Å². The minimum absolute atomic E-state index is 0.101. The highest BCUT2D eigenvalue weighted by atomic mass is 32.2. The number of nitrogens with one attached hydrogen (secondary N) is 3. The Morgan fingerprint density at radius 2 is 1.68 bits per heavy atom. The van der Waals surface area contributed by atoms with E-state index in [4.69, 9.17) is 21.4 Å². The van der Waals surface area contributed by atoms with Crippen molar-refractivity contribution in [1.29, 1.82) is 0 Å². The summed E-state index contributed by atoms with van der Waals surface area (Å²) in [7, 11) is 1.61. The van der Waals surface area contributed by atoms with Gasteiger partial charge in [0.15, 0.2) is 10.7 Å². The zero-order valence-corrected chi connectivity index (χ0v) is 22.1. The fraction of sp³-hybridized carbons (Fsp3) is 0.0690. The smallest absolute Gasteiger partial charge is 0.234 e. The van der Waals surface area contributed by atoms with Gasteiger partial charge in [-0.25, -0.2) is 4.98 Å². The molecule has 0 bridgehead atoms. The van der Waals surface area contributed by atoms with Crippen LogP contribution in [0.2, 0.25) is 0 Å². The van der Waals surface area contributed by atoms with Gasteiger partial charge in [0.05, 0.1) is 18.6 Å². The maximum atomic E-state index is 12.6. The third-order valence-corrected chi connectivity index (χ3v) is 6.72. The Kier molecular flexibility index (Phi) is 7.86. The molecule has 5 aromatic rings. The van der Waals surface area contributed by atoms with Crippen molar-refractivity contribution in [2.45, 2.75) is 4.90 Å². The van der Waals surface area contributed by atoms with Gasteiger partial charge in [-0.05, 0) is 78.9 Å². The molecular weight excluding hydrogens is 516 g/mol. The van der Waals surface area contributed by atoms with Crippen LogP contribution < -0.4 is 20.7 Å². The lowest BCUT2D eigenvalue weighted by molar-refractivity contribution is -0.113. The molecule has 38 heavy (non-hydrogen) atoms. The number of nitrogens with zero attached hydrogens (tertiary/aromatic N) is 1. The second-order valence-corrected chi connectivity index (χ2v) is 9.67. The first-order valence-corrected chi connectivity index (χ1v) is 13.2. The molecule has 0 saturated heterocycles. The number of hydrogen-bond donors (Lipinski definition) is 3. The van der Waals surface area contributed by atoms with E-state index in [1.165, 1.54) is 11.8 Å². The van der Waals surface area contributed by atoms with E-state index in [-0.39, 0.29) is 11.7 Å². The fourth-order valence-corrected chi connectivity index (χ4v) is 4.72. The summed E-state index contributed by atoms with van der Waals surface area (Å²) >= 11 is 6.89. The van der Waals surface area contributed by atoms with E-state index in [0.717, 1.165) is 32.9 Å². The summed E-state index contributed by atoms with van der Waals surface area (Å²) < 4.78 is 11.2. The number of aromatic nitrogens is 1. The number of benzene rings is 4. The van der Waals surface area contributed by atoms with Crippen LogP contribution in [0.3, 0.4) is 0 Å².